The Labute approximate surface area is 270 Å². The van der Waals surface area contributed by atoms with Crippen molar-refractivity contribution in [2.75, 3.05) is 14.2 Å². The summed E-state index contributed by atoms with van der Waals surface area (Å²) in [6, 6.07) is -0.696. The van der Waals surface area contributed by atoms with Gasteiger partial charge in [-0.3, -0.25) is 9.59 Å². The molecule has 3 aliphatic rings. The number of hydrogen-bond donors (Lipinski definition) is 2. The van der Waals surface area contributed by atoms with E-state index in [4.69, 9.17) is 28.4 Å². The first-order valence-electron chi connectivity index (χ1n) is 16.7. The molecule has 0 aromatic carbocycles. The van der Waals surface area contributed by atoms with Crippen LogP contribution in [0, 0.1) is 29.6 Å². The average molecular weight is 644 g/mol. The Morgan fingerprint density at radius 2 is 1.49 bits per heavy atom. The van der Waals surface area contributed by atoms with Crippen LogP contribution in [0.2, 0.25) is 0 Å². The zero-order valence-corrected chi connectivity index (χ0v) is 30.1. The van der Waals surface area contributed by atoms with Crippen LogP contribution < -0.4 is 5.32 Å². The first-order chi connectivity index (χ1) is 20.9. The number of Topliss-reactive ketones (excluding diaryl/α,β-unsaturated/α-hetero) is 1. The second-order valence-electron chi connectivity index (χ2n) is 13.8. The van der Waals surface area contributed by atoms with Crippen molar-refractivity contribution >= 4 is 17.8 Å². The van der Waals surface area contributed by atoms with E-state index in [0.717, 1.165) is 0 Å². The molecule has 11 heteroatoms. The van der Waals surface area contributed by atoms with Gasteiger partial charge in [0.05, 0.1) is 35.4 Å². The highest BCUT2D eigenvalue weighted by Crippen LogP contribution is 2.42. The largest absolute Gasteiger partial charge is 0.458 e. The first kappa shape index (κ1) is 39.4. The Morgan fingerprint density at radius 3 is 2.02 bits per heavy atom. The van der Waals surface area contributed by atoms with E-state index in [9.17, 15) is 19.5 Å². The second-order valence-corrected chi connectivity index (χ2v) is 13.8. The number of hydrogen-bond acceptors (Lipinski definition) is 10. The molecule has 45 heavy (non-hydrogen) atoms. The van der Waals surface area contributed by atoms with Gasteiger partial charge in [-0.15, -0.1) is 0 Å². The van der Waals surface area contributed by atoms with Crippen LogP contribution >= 0.6 is 0 Å². The second kappa shape index (κ2) is 15.4. The van der Waals surface area contributed by atoms with Crippen molar-refractivity contribution in [3.63, 3.8) is 0 Å². The van der Waals surface area contributed by atoms with E-state index in [1.54, 1.807) is 41.9 Å². The molecule has 0 aliphatic carbocycles. The van der Waals surface area contributed by atoms with Crippen molar-refractivity contribution in [3.05, 3.63) is 0 Å². The molecule has 262 valence electrons. The third-order valence-electron chi connectivity index (χ3n) is 11.0. The van der Waals surface area contributed by atoms with Crippen LogP contribution in [0.4, 0.5) is 4.79 Å². The standard InChI is InChI=1S/C32H55NO10.C2H6/c1-13-22-32(10)26(33-29(37)43-32)18(4)24(34)16(2)14-30(8,38-11)20(6)17(3)25(19(5)28(36)41-22)42-23-15-31(9,39-12)27(35)21(7)40-23;1-2/h16-23,25-27,35H,13-15H2,1-12H3,(H,33,37);1-2H3/t16-,17-,18+,19-,20-,21+,22-,23+,25+,26-,27+,30-,31-,32-;/m1./s1. The minimum absolute atomic E-state index is 0.0356. The third kappa shape index (κ3) is 7.86. The zero-order valence-electron chi connectivity index (χ0n) is 30.1. The van der Waals surface area contributed by atoms with E-state index in [2.05, 4.69) is 5.32 Å². The number of carbonyl (C=O) groups excluding carboxylic acids is 3. The molecule has 2 N–H and O–H groups in total. The lowest BCUT2D eigenvalue weighted by molar-refractivity contribution is -0.298. The number of rotatable bonds is 5. The van der Waals surface area contributed by atoms with Gasteiger partial charge >= 0.3 is 12.1 Å². The van der Waals surface area contributed by atoms with Gasteiger partial charge in [0.1, 0.15) is 18.0 Å². The number of ketones is 1. The maximum absolute atomic E-state index is 13.9. The SMILES string of the molecule is CC.CC[C@H]1OC(=O)[C@H](C)[C@@H](O[C@H]2C[C@@](C)(OC)[C@@H](O)[C@H](C)O2)[C@H](C)[C@@H](C)[C@](C)(OC)C[C@@H](C)C(=O)[C@H](C)[C@H]2NC(=O)O[C@@]21C. The fraction of sp³-hybridized carbons (Fsp3) is 0.912. The quantitative estimate of drug-likeness (QED) is 0.392. The smallest absolute Gasteiger partial charge is 0.408 e. The molecular weight excluding hydrogens is 582 g/mol. The fourth-order valence-corrected chi connectivity index (χ4v) is 7.52. The molecule has 14 atom stereocenters. The predicted molar refractivity (Wildman–Crippen MR) is 169 cm³/mol. The van der Waals surface area contributed by atoms with Crippen molar-refractivity contribution in [1.82, 2.24) is 5.32 Å². The van der Waals surface area contributed by atoms with E-state index in [-0.39, 0.29) is 24.0 Å². The van der Waals surface area contributed by atoms with Gasteiger partial charge in [0.25, 0.3) is 0 Å². The molecule has 3 rings (SSSR count). The Kier molecular flexibility index (Phi) is 13.5. The monoisotopic (exact) mass is 643 g/mol. The minimum Gasteiger partial charge on any atom is -0.458 e. The van der Waals surface area contributed by atoms with Crippen molar-refractivity contribution in [3.8, 4) is 0 Å². The van der Waals surface area contributed by atoms with Crippen LogP contribution in [-0.4, -0.2) is 90.7 Å². The van der Waals surface area contributed by atoms with E-state index in [1.165, 1.54) is 0 Å². The number of alkyl carbamates (subject to hydrolysis) is 1. The number of nitrogens with one attached hydrogen (secondary N) is 1. The molecule has 0 unspecified atom stereocenters. The molecule has 3 fully saturated rings. The lowest BCUT2D eigenvalue weighted by Crippen LogP contribution is -2.58. The van der Waals surface area contributed by atoms with Crippen LogP contribution in [0.25, 0.3) is 0 Å². The van der Waals surface area contributed by atoms with Gasteiger partial charge in [-0.1, -0.05) is 48.5 Å². The molecule has 0 aromatic heterocycles. The predicted octanol–water partition coefficient (Wildman–Crippen LogP) is 5.05. The van der Waals surface area contributed by atoms with Gasteiger partial charge in [-0.25, -0.2) is 4.79 Å². The van der Waals surface area contributed by atoms with Crippen LogP contribution in [0.5, 0.6) is 0 Å². The fourth-order valence-electron chi connectivity index (χ4n) is 7.52. The number of fused-ring (bicyclic) bond motifs is 1. The normalized spacial score (nSPS) is 46.5. The van der Waals surface area contributed by atoms with Gasteiger partial charge < -0.3 is 38.8 Å². The van der Waals surface area contributed by atoms with Gasteiger partial charge in [0, 0.05) is 32.5 Å². The molecule has 11 nitrogen and oxygen atoms in total. The Hall–Kier alpha value is -1.79. The highest BCUT2D eigenvalue weighted by molar-refractivity contribution is 5.85. The summed E-state index contributed by atoms with van der Waals surface area (Å²) in [4.78, 5) is 40.3. The number of carbonyl (C=O) groups is 3. The number of aliphatic hydroxyl groups is 1. The summed E-state index contributed by atoms with van der Waals surface area (Å²) in [6.45, 7) is 22.6. The van der Waals surface area contributed by atoms with Crippen LogP contribution in [0.15, 0.2) is 0 Å². The summed E-state index contributed by atoms with van der Waals surface area (Å²) in [5.74, 6) is -2.73. The highest BCUT2D eigenvalue weighted by atomic mass is 16.7. The van der Waals surface area contributed by atoms with Gasteiger partial charge in [0.2, 0.25) is 0 Å². The van der Waals surface area contributed by atoms with Crippen molar-refractivity contribution in [1.29, 1.82) is 0 Å². The topological polar surface area (TPSA) is 139 Å². The molecule has 0 spiro atoms. The average Bonchev–Trinajstić information content (AvgIpc) is 3.33. The molecule has 0 aromatic rings. The van der Waals surface area contributed by atoms with E-state index in [0.29, 0.717) is 12.8 Å². The number of cyclic esters (lactones) is 1. The number of ether oxygens (including phenoxy) is 6. The summed E-state index contributed by atoms with van der Waals surface area (Å²) < 4.78 is 36.4. The first-order valence-corrected chi connectivity index (χ1v) is 16.7. The molecule has 3 saturated heterocycles. The van der Waals surface area contributed by atoms with Gasteiger partial charge in [-0.05, 0) is 59.3 Å². The van der Waals surface area contributed by atoms with E-state index < -0.39 is 83.4 Å². The van der Waals surface area contributed by atoms with Crippen molar-refractivity contribution in [2.24, 2.45) is 29.6 Å². The Bertz CT molecular complexity index is 1020. The lowest BCUT2D eigenvalue weighted by atomic mass is 9.70. The van der Waals surface area contributed by atoms with Gasteiger partial charge in [-0.2, -0.15) is 0 Å². The maximum Gasteiger partial charge on any atom is 0.408 e. The summed E-state index contributed by atoms with van der Waals surface area (Å²) in [6.07, 6.45) is -3.31. The molecule has 3 aliphatic heterocycles. The van der Waals surface area contributed by atoms with Gasteiger partial charge in [0.15, 0.2) is 11.9 Å². The van der Waals surface area contributed by atoms with E-state index in [1.807, 2.05) is 55.4 Å². The maximum atomic E-state index is 13.9. The molecule has 0 saturated carbocycles. The zero-order chi connectivity index (χ0) is 34.7. The molecule has 0 radical (unpaired) electrons. The number of aliphatic hydroxyl groups excluding tert-OH is 1. The van der Waals surface area contributed by atoms with Crippen molar-refractivity contribution in [2.45, 2.75) is 156 Å². The number of esters is 1. The van der Waals surface area contributed by atoms with E-state index >= 15 is 0 Å². The minimum atomic E-state index is -1.27. The van der Waals surface area contributed by atoms with Crippen LogP contribution in [0.3, 0.4) is 0 Å². The number of amides is 1. The third-order valence-corrected chi connectivity index (χ3v) is 11.0. The molecule has 1 amide bonds. The van der Waals surface area contributed by atoms with Crippen LogP contribution in [0.1, 0.15) is 102 Å². The summed E-state index contributed by atoms with van der Waals surface area (Å²) in [7, 11) is 3.17. The molecule has 0 bridgehead atoms. The molecular formula is C34H61NO10. The summed E-state index contributed by atoms with van der Waals surface area (Å²) >= 11 is 0. The Balaban J connectivity index is 0.00000345. The number of methoxy groups -OCH3 is 2. The summed E-state index contributed by atoms with van der Waals surface area (Å²) in [5.41, 5.74) is -2.93. The highest BCUT2D eigenvalue weighted by Gasteiger charge is 2.57. The van der Waals surface area contributed by atoms with Crippen LogP contribution in [-0.2, 0) is 38.0 Å². The summed E-state index contributed by atoms with van der Waals surface area (Å²) in [5, 5.41) is 13.6. The lowest BCUT2D eigenvalue weighted by Gasteiger charge is -2.47. The molecule has 3 heterocycles. The Morgan fingerprint density at radius 1 is 0.911 bits per heavy atom. The van der Waals surface area contributed by atoms with Crippen molar-refractivity contribution < 1.29 is 47.9 Å².